The van der Waals surface area contributed by atoms with Crippen LogP contribution >= 0.6 is 22.6 Å². The predicted octanol–water partition coefficient (Wildman–Crippen LogP) is 3.57. The van der Waals surface area contributed by atoms with Gasteiger partial charge >= 0.3 is 0 Å². The van der Waals surface area contributed by atoms with Crippen molar-refractivity contribution < 1.29 is 4.43 Å². The van der Waals surface area contributed by atoms with Crippen LogP contribution in [-0.4, -0.2) is 12.7 Å². The second-order valence-electron chi connectivity index (χ2n) is 3.39. The van der Waals surface area contributed by atoms with Crippen molar-refractivity contribution in [2.24, 2.45) is 0 Å². The molecular formula is C8H17IOSi. The Labute approximate surface area is 84.5 Å². The fourth-order valence-electron chi connectivity index (χ4n) is 0.738. The molecule has 11 heavy (non-hydrogen) atoms. The monoisotopic (exact) mass is 284 g/mol. The largest absolute Gasteiger partial charge is 0.548 e. The number of rotatable bonds is 4. The van der Waals surface area contributed by atoms with Crippen molar-refractivity contribution in [1.82, 2.24) is 0 Å². The fraction of sp³-hybridized carbons (Fsp3) is 0.750. The van der Waals surface area contributed by atoms with E-state index in [9.17, 15) is 0 Å². The minimum Gasteiger partial charge on any atom is -0.548 e. The first-order valence-electron chi connectivity index (χ1n) is 3.93. The summed E-state index contributed by atoms with van der Waals surface area (Å²) < 4.78 is 6.87. The third kappa shape index (κ3) is 6.87. The molecule has 0 bridgehead atoms. The average Bonchev–Trinajstić information content (AvgIpc) is 1.84. The molecule has 0 aliphatic carbocycles. The van der Waals surface area contributed by atoms with Crippen LogP contribution in [0.15, 0.2) is 11.8 Å². The van der Waals surface area contributed by atoms with E-state index in [-0.39, 0.29) is 0 Å². The number of halogens is 1. The molecule has 0 aliphatic heterocycles. The van der Waals surface area contributed by atoms with Crippen molar-refractivity contribution in [1.29, 1.82) is 0 Å². The summed E-state index contributed by atoms with van der Waals surface area (Å²) >= 11 is 2.34. The Morgan fingerprint density at radius 1 is 1.45 bits per heavy atom. The van der Waals surface area contributed by atoms with Gasteiger partial charge in [0.1, 0.15) is 0 Å². The van der Waals surface area contributed by atoms with Gasteiger partial charge in [-0.2, -0.15) is 0 Å². The third-order valence-corrected chi connectivity index (χ3v) is 2.41. The molecule has 0 unspecified atom stereocenters. The van der Waals surface area contributed by atoms with E-state index in [2.05, 4.69) is 55.2 Å². The average molecular weight is 284 g/mol. The summed E-state index contributed by atoms with van der Waals surface area (Å²) in [5, 5.41) is 0. The Morgan fingerprint density at radius 3 is 2.27 bits per heavy atom. The molecule has 0 atom stereocenters. The standard InChI is InChI=1S/C8H17IOSi/c1-5-8(6-7-9)10-11(2,3)4/h6H,5,7H2,1-4H3. The Hall–Kier alpha value is 0.487. The molecule has 0 N–H and O–H groups in total. The zero-order valence-electron chi connectivity index (χ0n) is 7.78. The molecule has 0 aromatic heterocycles. The Kier molecular flexibility index (Phi) is 5.42. The molecule has 0 amide bonds. The van der Waals surface area contributed by atoms with Crippen LogP contribution in [0.1, 0.15) is 13.3 Å². The summed E-state index contributed by atoms with van der Waals surface area (Å²) in [6, 6.07) is 0. The van der Waals surface area contributed by atoms with Gasteiger partial charge in [-0.1, -0.05) is 29.5 Å². The lowest BCUT2D eigenvalue weighted by molar-refractivity contribution is 0.405. The maximum absolute atomic E-state index is 5.82. The van der Waals surface area contributed by atoms with E-state index < -0.39 is 8.32 Å². The highest BCUT2D eigenvalue weighted by Gasteiger charge is 2.16. The zero-order chi connectivity index (χ0) is 8.91. The molecule has 0 aromatic rings. The molecule has 0 radical (unpaired) electrons. The van der Waals surface area contributed by atoms with Crippen LogP contribution in [0.4, 0.5) is 0 Å². The SMILES string of the molecule is CCC(=CCI)O[Si](C)(C)C. The van der Waals surface area contributed by atoms with Crippen molar-refractivity contribution in [2.45, 2.75) is 33.0 Å². The van der Waals surface area contributed by atoms with E-state index >= 15 is 0 Å². The minimum absolute atomic E-state index is 1.02. The van der Waals surface area contributed by atoms with Crippen LogP contribution in [0.2, 0.25) is 19.6 Å². The lowest BCUT2D eigenvalue weighted by Gasteiger charge is -2.20. The van der Waals surface area contributed by atoms with Crippen LogP contribution in [0.25, 0.3) is 0 Å². The number of hydrogen-bond acceptors (Lipinski definition) is 1. The van der Waals surface area contributed by atoms with Crippen LogP contribution in [0.5, 0.6) is 0 Å². The highest BCUT2D eigenvalue weighted by atomic mass is 127. The van der Waals surface area contributed by atoms with E-state index in [1.54, 1.807) is 0 Å². The lowest BCUT2D eigenvalue weighted by Crippen LogP contribution is -2.24. The van der Waals surface area contributed by atoms with E-state index in [1.807, 2.05) is 0 Å². The van der Waals surface area contributed by atoms with E-state index in [0.29, 0.717) is 0 Å². The first-order chi connectivity index (χ1) is 4.99. The zero-order valence-corrected chi connectivity index (χ0v) is 10.9. The van der Waals surface area contributed by atoms with Gasteiger partial charge in [0.15, 0.2) is 0 Å². The molecule has 0 heterocycles. The summed E-state index contributed by atoms with van der Waals surface area (Å²) in [5.41, 5.74) is 0. The minimum atomic E-state index is -1.35. The van der Waals surface area contributed by atoms with Crippen molar-refractivity contribution in [3.05, 3.63) is 11.8 Å². The third-order valence-electron chi connectivity index (χ3n) is 1.09. The molecule has 66 valence electrons. The van der Waals surface area contributed by atoms with E-state index in [1.165, 1.54) is 5.76 Å². The first-order valence-corrected chi connectivity index (χ1v) is 8.87. The maximum atomic E-state index is 5.82. The quantitative estimate of drug-likeness (QED) is 0.332. The summed E-state index contributed by atoms with van der Waals surface area (Å²) in [6.45, 7) is 8.77. The lowest BCUT2D eigenvalue weighted by atomic mass is 10.4. The van der Waals surface area contributed by atoms with Gasteiger partial charge < -0.3 is 4.43 Å². The highest BCUT2D eigenvalue weighted by molar-refractivity contribution is 14.1. The smallest absolute Gasteiger partial charge is 0.241 e. The summed E-state index contributed by atoms with van der Waals surface area (Å²) in [7, 11) is -1.35. The number of alkyl halides is 1. The first kappa shape index (κ1) is 11.5. The maximum Gasteiger partial charge on any atom is 0.241 e. The molecule has 0 saturated carbocycles. The summed E-state index contributed by atoms with van der Waals surface area (Å²) in [4.78, 5) is 0. The molecule has 1 nitrogen and oxygen atoms in total. The predicted molar refractivity (Wildman–Crippen MR) is 61.7 cm³/mol. The molecule has 0 spiro atoms. The molecule has 0 rings (SSSR count). The van der Waals surface area contributed by atoms with Gasteiger partial charge in [-0.05, 0) is 25.7 Å². The van der Waals surface area contributed by atoms with E-state index in [0.717, 1.165) is 10.8 Å². The molecular weight excluding hydrogens is 267 g/mol. The Morgan fingerprint density at radius 2 is 2.00 bits per heavy atom. The summed E-state index contributed by atoms with van der Waals surface area (Å²) in [6.07, 6.45) is 3.19. The van der Waals surface area contributed by atoms with Gasteiger partial charge in [-0.25, -0.2) is 0 Å². The van der Waals surface area contributed by atoms with Gasteiger partial charge in [0.05, 0.1) is 5.76 Å². The van der Waals surface area contributed by atoms with Crippen molar-refractivity contribution in [3.8, 4) is 0 Å². The molecule has 0 saturated heterocycles. The van der Waals surface area contributed by atoms with Crippen molar-refractivity contribution >= 4 is 30.9 Å². The molecule has 0 fully saturated rings. The van der Waals surface area contributed by atoms with Crippen LogP contribution < -0.4 is 0 Å². The molecule has 3 heteroatoms. The van der Waals surface area contributed by atoms with Gasteiger partial charge in [0.25, 0.3) is 0 Å². The van der Waals surface area contributed by atoms with Gasteiger partial charge in [0, 0.05) is 10.8 Å². The Bertz CT molecular complexity index is 138. The van der Waals surface area contributed by atoms with Crippen LogP contribution in [0, 0.1) is 0 Å². The summed E-state index contributed by atoms with van der Waals surface area (Å²) in [5.74, 6) is 1.17. The van der Waals surface area contributed by atoms with Gasteiger partial charge in [-0.3, -0.25) is 0 Å². The number of allylic oxidation sites excluding steroid dienone is 2. The fourth-order valence-corrected chi connectivity index (χ4v) is 2.24. The van der Waals surface area contributed by atoms with Crippen molar-refractivity contribution in [2.75, 3.05) is 4.43 Å². The van der Waals surface area contributed by atoms with Gasteiger partial charge in [0.2, 0.25) is 8.32 Å². The molecule has 0 aromatic carbocycles. The highest BCUT2D eigenvalue weighted by Crippen LogP contribution is 2.13. The van der Waals surface area contributed by atoms with Crippen LogP contribution in [-0.2, 0) is 4.43 Å². The van der Waals surface area contributed by atoms with E-state index in [4.69, 9.17) is 4.43 Å². The molecule has 0 aliphatic rings. The number of hydrogen-bond donors (Lipinski definition) is 0. The normalized spacial score (nSPS) is 13.4. The van der Waals surface area contributed by atoms with Gasteiger partial charge in [-0.15, -0.1) is 0 Å². The van der Waals surface area contributed by atoms with Crippen molar-refractivity contribution in [3.63, 3.8) is 0 Å². The topological polar surface area (TPSA) is 9.23 Å². The second kappa shape index (κ2) is 5.19. The van der Waals surface area contributed by atoms with Crippen LogP contribution in [0.3, 0.4) is 0 Å². The second-order valence-corrected chi connectivity index (χ2v) is 8.70. The Balaban J connectivity index is 3.99.